The Morgan fingerprint density at radius 2 is 1.91 bits per heavy atom. The molecule has 2 aliphatic heterocycles. The molecule has 3 aromatic rings. The van der Waals surface area contributed by atoms with Crippen LogP contribution in [0, 0.1) is 10.1 Å². The summed E-state index contributed by atoms with van der Waals surface area (Å²) in [6, 6.07) is 15.9. The van der Waals surface area contributed by atoms with E-state index in [2.05, 4.69) is 26.6 Å². The van der Waals surface area contributed by atoms with Gasteiger partial charge < -0.3 is 10.1 Å². The van der Waals surface area contributed by atoms with Crippen molar-refractivity contribution in [3.8, 4) is 5.75 Å². The lowest BCUT2D eigenvalue weighted by Crippen LogP contribution is -2.54. The van der Waals surface area contributed by atoms with Gasteiger partial charge >= 0.3 is 0 Å². The van der Waals surface area contributed by atoms with Crippen LogP contribution in [0.5, 0.6) is 5.75 Å². The van der Waals surface area contributed by atoms with Crippen LogP contribution in [-0.2, 0) is 16.9 Å². The Labute approximate surface area is 220 Å². The number of nitrogens with zero attached hydrogens (tertiary/aromatic N) is 1. The van der Waals surface area contributed by atoms with Crippen LogP contribution in [0.2, 0.25) is 10.0 Å². The summed E-state index contributed by atoms with van der Waals surface area (Å²) in [5, 5.41) is 19.7. The molecule has 0 aliphatic carbocycles. The standard InChI is InChI=1S/C25H20BrCl2N3O4/c1-13-22(23(31(33)34)25(30-13)18-4-2-3-5-20(18)29-24(25)32)17-10-15(26)7-9-21(17)35-12-14-6-8-16(27)11-19(14)28/h2-11,13,22-23,30H,12H2,1H3,(H,29,32)/t13-,22-,23-,25-/m0/s1. The third kappa shape index (κ3) is 3.98. The predicted molar refractivity (Wildman–Crippen MR) is 138 cm³/mol. The summed E-state index contributed by atoms with van der Waals surface area (Å²) in [7, 11) is 0. The highest BCUT2D eigenvalue weighted by Gasteiger charge is 2.68. The molecule has 2 aliphatic rings. The largest absolute Gasteiger partial charge is 0.489 e. The summed E-state index contributed by atoms with van der Waals surface area (Å²) >= 11 is 15.8. The zero-order chi connectivity index (χ0) is 24.9. The lowest BCUT2D eigenvalue weighted by Gasteiger charge is -2.26. The minimum Gasteiger partial charge on any atom is -0.489 e. The Morgan fingerprint density at radius 1 is 1.14 bits per heavy atom. The molecule has 0 radical (unpaired) electrons. The first-order valence-corrected chi connectivity index (χ1v) is 12.5. The van der Waals surface area contributed by atoms with Gasteiger partial charge in [0.15, 0.2) is 5.54 Å². The molecule has 2 heterocycles. The lowest BCUT2D eigenvalue weighted by atomic mass is 9.78. The van der Waals surface area contributed by atoms with E-state index in [1.807, 2.05) is 19.1 Å². The fourth-order valence-corrected chi connectivity index (χ4v) is 6.07. The van der Waals surface area contributed by atoms with Crippen molar-refractivity contribution in [2.45, 2.75) is 37.1 Å². The minimum atomic E-state index is -1.50. The van der Waals surface area contributed by atoms with Crippen LogP contribution in [0.25, 0.3) is 0 Å². The van der Waals surface area contributed by atoms with Crippen molar-refractivity contribution in [3.05, 3.63) is 102 Å². The number of rotatable bonds is 5. The number of anilines is 1. The number of halogens is 3. The van der Waals surface area contributed by atoms with Gasteiger partial charge in [-0.05, 0) is 43.3 Å². The van der Waals surface area contributed by atoms with E-state index in [0.29, 0.717) is 32.6 Å². The number of nitrogens with one attached hydrogen (secondary N) is 2. The number of hydrogen-bond donors (Lipinski definition) is 2. The summed E-state index contributed by atoms with van der Waals surface area (Å²) in [6.07, 6.45) is 0. The quantitative estimate of drug-likeness (QED) is 0.291. The number of benzene rings is 3. The third-order valence-corrected chi connectivity index (χ3v) is 7.77. The predicted octanol–water partition coefficient (Wildman–Crippen LogP) is 5.90. The number of amides is 1. The number of carbonyl (C=O) groups excluding carboxylic acids is 1. The smallest absolute Gasteiger partial charge is 0.256 e. The zero-order valence-electron chi connectivity index (χ0n) is 18.4. The van der Waals surface area contributed by atoms with Gasteiger partial charge in [0.05, 0.1) is 5.92 Å². The van der Waals surface area contributed by atoms with Gasteiger partial charge in [0.2, 0.25) is 0 Å². The van der Waals surface area contributed by atoms with Crippen molar-refractivity contribution >= 4 is 50.7 Å². The molecule has 5 rings (SSSR count). The molecule has 1 saturated heterocycles. The number of ether oxygens (including phenoxy) is 1. The first kappa shape index (κ1) is 24.1. The maximum Gasteiger partial charge on any atom is 0.256 e. The van der Waals surface area contributed by atoms with Gasteiger partial charge in [-0.15, -0.1) is 0 Å². The molecular weight excluding hydrogens is 557 g/mol. The van der Waals surface area contributed by atoms with Gasteiger partial charge in [0, 0.05) is 47.9 Å². The summed E-state index contributed by atoms with van der Waals surface area (Å²) in [4.78, 5) is 25.5. The molecular formula is C25H20BrCl2N3O4. The third-order valence-electron chi connectivity index (χ3n) is 6.69. The van der Waals surface area contributed by atoms with Crippen LogP contribution in [-0.4, -0.2) is 22.9 Å². The van der Waals surface area contributed by atoms with Gasteiger partial charge in [0.25, 0.3) is 11.9 Å². The van der Waals surface area contributed by atoms with Crippen LogP contribution >= 0.6 is 39.1 Å². The van der Waals surface area contributed by atoms with Crippen LogP contribution in [0.3, 0.4) is 0 Å². The van der Waals surface area contributed by atoms with E-state index < -0.39 is 29.4 Å². The van der Waals surface area contributed by atoms with Crippen molar-refractivity contribution in [3.63, 3.8) is 0 Å². The Balaban J connectivity index is 1.57. The molecule has 0 bridgehead atoms. The molecule has 0 saturated carbocycles. The molecule has 7 nitrogen and oxygen atoms in total. The van der Waals surface area contributed by atoms with E-state index in [9.17, 15) is 14.9 Å². The minimum absolute atomic E-state index is 0.150. The molecule has 0 unspecified atom stereocenters. The van der Waals surface area contributed by atoms with Crippen LogP contribution in [0.1, 0.15) is 29.5 Å². The van der Waals surface area contributed by atoms with Crippen molar-refractivity contribution in [2.24, 2.45) is 0 Å². The maximum absolute atomic E-state index is 13.3. The number of carbonyl (C=O) groups is 1. The molecule has 0 aromatic heterocycles. The summed E-state index contributed by atoms with van der Waals surface area (Å²) in [5.41, 5.74) is 1.01. The molecule has 3 aromatic carbocycles. The highest BCUT2D eigenvalue weighted by atomic mass is 79.9. The Hall–Kier alpha value is -2.65. The second-order valence-electron chi connectivity index (χ2n) is 8.70. The molecule has 180 valence electrons. The van der Waals surface area contributed by atoms with Gasteiger partial charge in [-0.25, -0.2) is 0 Å². The summed E-state index contributed by atoms with van der Waals surface area (Å²) in [6.45, 7) is 2.00. The van der Waals surface area contributed by atoms with E-state index >= 15 is 0 Å². The van der Waals surface area contributed by atoms with Crippen LogP contribution < -0.4 is 15.4 Å². The van der Waals surface area contributed by atoms with Gasteiger partial charge in [0.1, 0.15) is 12.4 Å². The first-order chi connectivity index (χ1) is 16.7. The molecule has 1 amide bonds. The van der Waals surface area contributed by atoms with Gasteiger partial charge in [-0.2, -0.15) is 0 Å². The summed E-state index contributed by atoms with van der Waals surface area (Å²) in [5.74, 6) is -0.608. The molecule has 35 heavy (non-hydrogen) atoms. The second kappa shape index (κ2) is 9.09. The summed E-state index contributed by atoms with van der Waals surface area (Å²) < 4.78 is 6.88. The van der Waals surface area contributed by atoms with Crippen molar-refractivity contribution in [1.82, 2.24) is 5.32 Å². The Morgan fingerprint density at radius 3 is 2.66 bits per heavy atom. The van der Waals surface area contributed by atoms with E-state index in [-0.39, 0.29) is 11.5 Å². The molecule has 4 atom stereocenters. The lowest BCUT2D eigenvalue weighted by molar-refractivity contribution is -0.532. The average molecular weight is 577 g/mol. The number of para-hydroxylation sites is 1. The Bertz CT molecular complexity index is 1350. The molecule has 2 N–H and O–H groups in total. The van der Waals surface area contributed by atoms with Crippen LogP contribution in [0.4, 0.5) is 5.69 Å². The van der Waals surface area contributed by atoms with E-state index in [1.165, 1.54) is 0 Å². The van der Waals surface area contributed by atoms with E-state index in [4.69, 9.17) is 27.9 Å². The van der Waals surface area contributed by atoms with E-state index in [0.717, 1.165) is 10.0 Å². The van der Waals surface area contributed by atoms with Crippen molar-refractivity contribution in [2.75, 3.05) is 5.32 Å². The Kier molecular flexibility index (Phi) is 6.25. The topological polar surface area (TPSA) is 93.5 Å². The van der Waals surface area contributed by atoms with E-state index in [1.54, 1.807) is 48.5 Å². The fraction of sp³-hybridized carbons (Fsp3) is 0.240. The number of hydrogen-bond acceptors (Lipinski definition) is 5. The highest BCUT2D eigenvalue weighted by molar-refractivity contribution is 9.10. The van der Waals surface area contributed by atoms with Crippen molar-refractivity contribution < 1.29 is 14.5 Å². The fourth-order valence-electron chi connectivity index (χ4n) is 5.23. The van der Waals surface area contributed by atoms with Gasteiger partial charge in [-0.3, -0.25) is 20.2 Å². The SMILES string of the molecule is C[C@@H]1N[C@]2(C(=O)Nc3ccccc32)[C@@H]([N+](=O)[O-])[C@@H]1c1cc(Br)ccc1OCc1ccc(Cl)cc1Cl. The molecule has 1 spiro atoms. The van der Waals surface area contributed by atoms with Crippen molar-refractivity contribution in [1.29, 1.82) is 0 Å². The number of fused-ring (bicyclic) bond motifs is 2. The monoisotopic (exact) mass is 575 g/mol. The average Bonchev–Trinajstić information content (AvgIpc) is 3.27. The maximum atomic E-state index is 13.3. The highest BCUT2D eigenvalue weighted by Crippen LogP contribution is 2.51. The number of nitro groups is 1. The zero-order valence-corrected chi connectivity index (χ0v) is 21.5. The molecule has 10 heteroatoms. The second-order valence-corrected chi connectivity index (χ2v) is 10.5. The molecule has 1 fully saturated rings. The van der Waals surface area contributed by atoms with Gasteiger partial charge in [-0.1, -0.05) is 63.4 Å². The normalized spacial score (nSPS) is 24.9. The first-order valence-electron chi connectivity index (χ1n) is 10.9. The van der Waals surface area contributed by atoms with Crippen LogP contribution in [0.15, 0.2) is 65.1 Å².